The van der Waals surface area contributed by atoms with E-state index in [-0.39, 0.29) is 0 Å². The van der Waals surface area contributed by atoms with Gasteiger partial charge in [-0.1, -0.05) is 133 Å². The Bertz CT molecular complexity index is 3560. The second-order valence-corrected chi connectivity index (χ2v) is 15.4. The Balaban J connectivity index is 1.10. The van der Waals surface area contributed by atoms with Crippen LogP contribution in [0.25, 0.3) is 120 Å². The molecule has 0 saturated heterocycles. The SMILES string of the molecule is c1ccc2cc(-c3cccc4c3oc3cccc(-c5nc(-c6ccc7ccc8ccccc8c7c6)nc(-c6ccc7sc8ccccc8c7c6)n5)c34)ccc2c1. The van der Waals surface area contributed by atoms with Gasteiger partial charge in [0, 0.05) is 53.2 Å². The predicted octanol–water partition coefficient (Wildman–Crippen LogP) is 14.3. The summed E-state index contributed by atoms with van der Waals surface area (Å²) in [6, 6.07) is 62.2. The monoisotopic (exact) mass is 731 g/mol. The van der Waals surface area contributed by atoms with Crippen LogP contribution in [0.15, 0.2) is 180 Å². The predicted molar refractivity (Wildman–Crippen MR) is 234 cm³/mol. The fraction of sp³-hybridized carbons (Fsp3) is 0. The van der Waals surface area contributed by atoms with Crippen molar-refractivity contribution in [2.24, 2.45) is 0 Å². The summed E-state index contributed by atoms with van der Waals surface area (Å²) in [5, 5.41) is 11.6. The molecule has 12 rings (SSSR count). The number of benzene rings is 9. The minimum atomic E-state index is 0.600. The van der Waals surface area contributed by atoms with Crippen molar-refractivity contribution in [2.45, 2.75) is 0 Å². The Morgan fingerprint density at radius 3 is 1.82 bits per heavy atom. The standard InChI is InChI=1S/C51H29N3OS/c1-2-11-33-27-34(23-19-30(33)9-1)38-14-7-15-40-47-41(16-8-17-44(47)55-48(38)40)51-53-49(35-24-22-32-21-20-31-10-3-4-12-37(31)42(32)28-35)52-50(54-51)36-25-26-46-43(29-36)39-13-5-6-18-45(39)56-46/h1-29H. The Kier molecular flexibility index (Phi) is 6.76. The van der Waals surface area contributed by atoms with E-state index in [0.29, 0.717) is 17.5 Å². The number of para-hydroxylation sites is 1. The zero-order valence-corrected chi connectivity index (χ0v) is 30.7. The van der Waals surface area contributed by atoms with E-state index in [4.69, 9.17) is 19.4 Å². The molecule has 4 nitrogen and oxygen atoms in total. The minimum Gasteiger partial charge on any atom is -0.455 e. The van der Waals surface area contributed by atoms with E-state index in [2.05, 4.69) is 164 Å². The van der Waals surface area contributed by atoms with Crippen LogP contribution in [-0.4, -0.2) is 15.0 Å². The minimum absolute atomic E-state index is 0.600. The van der Waals surface area contributed by atoms with E-state index in [9.17, 15) is 0 Å². The summed E-state index contributed by atoms with van der Waals surface area (Å²) in [7, 11) is 0. The maximum absolute atomic E-state index is 6.74. The van der Waals surface area contributed by atoms with E-state index in [1.54, 1.807) is 0 Å². The number of thiophene rings is 1. The summed E-state index contributed by atoms with van der Waals surface area (Å²) in [5.74, 6) is 1.85. The van der Waals surface area contributed by atoms with Crippen LogP contribution in [0.4, 0.5) is 0 Å². The number of fused-ring (bicyclic) bond motifs is 10. The lowest BCUT2D eigenvalue weighted by atomic mass is 9.98. The Labute approximate surface area is 325 Å². The maximum Gasteiger partial charge on any atom is 0.164 e. The van der Waals surface area contributed by atoms with Crippen LogP contribution in [0.3, 0.4) is 0 Å². The van der Waals surface area contributed by atoms with Crippen molar-refractivity contribution in [2.75, 3.05) is 0 Å². The summed E-state index contributed by atoms with van der Waals surface area (Å²) in [5.41, 5.74) is 6.57. The molecule has 0 aliphatic heterocycles. The lowest BCUT2D eigenvalue weighted by Crippen LogP contribution is -2.00. The van der Waals surface area contributed by atoms with Crippen molar-refractivity contribution in [3.63, 3.8) is 0 Å². The number of furan rings is 1. The molecule has 0 aliphatic rings. The summed E-state index contributed by atoms with van der Waals surface area (Å²) >= 11 is 1.81. The molecular weight excluding hydrogens is 703 g/mol. The highest BCUT2D eigenvalue weighted by atomic mass is 32.1. The number of aromatic nitrogens is 3. The normalized spacial score (nSPS) is 11.9. The van der Waals surface area contributed by atoms with Gasteiger partial charge in [0.15, 0.2) is 17.5 Å². The van der Waals surface area contributed by atoms with Gasteiger partial charge in [0.25, 0.3) is 0 Å². The summed E-state index contributed by atoms with van der Waals surface area (Å²) in [6.07, 6.45) is 0. The molecule has 0 aliphatic carbocycles. The van der Waals surface area contributed by atoms with Gasteiger partial charge >= 0.3 is 0 Å². The average Bonchev–Trinajstić information content (AvgIpc) is 3.84. The molecule has 260 valence electrons. The number of rotatable bonds is 4. The van der Waals surface area contributed by atoms with E-state index in [1.165, 1.54) is 52.5 Å². The average molecular weight is 732 g/mol. The molecule has 9 aromatic carbocycles. The molecule has 0 bridgehead atoms. The van der Waals surface area contributed by atoms with E-state index < -0.39 is 0 Å². The van der Waals surface area contributed by atoms with Crippen molar-refractivity contribution in [3.05, 3.63) is 176 Å². The highest BCUT2D eigenvalue weighted by Gasteiger charge is 2.20. The molecule has 0 fully saturated rings. The molecule has 3 heterocycles. The third-order valence-corrected chi connectivity index (χ3v) is 12.3. The highest BCUT2D eigenvalue weighted by Crippen LogP contribution is 2.42. The van der Waals surface area contributed by atoms with Gasteiger partial charge in [0.1, 0.15) is 11.2 Å². The Morgan fingerprint density at radius 1 is 0.357 bits per heavy atom. The number of nitrogens with zero attached hydrogens (tertiary/aromatic N) is 3. The molecule has 5 heteroatoms. The van der Waals surface area contributed by atoms with Crippen LogP contribution in [0, 0.1) is 0 Å². The fourth-order valence-electron chi connectivity index (χ4n) is 8.38. The second-order valence-electron chi connectivity index (χ2n) is 14.4. The van der Waals surface area contributed by atoms with Gasteiger partial charge in [-0.05, 0) is 80.3 Å². The van der Waals surface area contributed by atoms with Gasteiger partial charge in [0.2, 0.25) is 0 Å². The lowest BCUT2D eigenvalue weighted by Gasteiger charge is -2.11. The zero-order chi connectivity index (χ0) is 36.7. The highest BCUT2D eigenvalue weighted by molar-refractivity contribution is 7.25. The third kappa shape index (κ3) is 4.88. The quantitative estimate of drug-likeness (QED) is 0.169. The van der Waals surface area contributed by atoms with Crippen molar-refractivity contribution in [3.8, 4) is 45.3 Å². The first-order valence-electron chi connectivity index (χ1n) is 18.8. The zero-order valence-electron chi connectivity index (χ0n) is 29.9. The van der Waals surface area contributed by atoms with Crippen LogP contribution in [0.1, 0.15) is 0 Å². The van der Waals surface area contributed by atoms with Crippen molar-refractivity contribution < 1.29 is 4.42 Å². The topological polar surface area (TPSA) is 51.8 Å². The van der Waals surface area contributed by atoms with Gasteiger partial charge < -0.3 is 4.42 Å². The van der Waals surface area contributed by atoms with Crippen molar-refractivity contribution in [1.82, 2.24) is 15.0 Å². The molecule has 56 heavy (non-hydrogen) atoms. The molecule has 0 N–H and O–H groups in total. The first kappa shape index (κ1) is 31.2. The first-order chi connectivity index (χ1) is 27.7. The maximum atomic E-state index is 6.74. The lowest BCUT2D eigenvalue weighted by molar-refractivity contribution is 0.670. The first-order valence-corrected chi connectivity index (χ1v) is 19.6. The van der Waals surface area contributed by atoms with Gasteiger partial charge in [-0.15, -0.1) is 11.3 Å². The van der Waals surface area contributed by atoms with Crippen molar-refractivity contribution in [1.29, 1.82) is 0 Å². The Hall–Kier alpha value is -7.21. The molecule has 0 saturated carbocycles. The van der Waals surface area contributed by atoms with Gasteiger partial charge in [-0.25, -0.2) is 15.0 Å². The molecule has 3 aromatic heterocycles. The molecular formula is C51H29N3OS. The second kappa shape index (κ2) is 12.2. The third-order valence-electron chi connectivity index (χ3n) is 11.1. The molecule has 0 amide bonds. The van der Waals surface area contributed by atoms with Crippen LogP contribution in [0.5, 0.6) is 0 Å². The van der Waals surface area contributed by atoms with Gasteiger partial charge in [0.05, 0.1) is 0 Å². The molecule has 0 spiro atoms. The molecule has 12 aromatic rings. The molecule has 0 unspecified atom stereocenters. The summed E-state index contributed by atoms with van der Waals surface area (Å²) in [4.78, 5) is 15.8. The van der Waals surface area contributed by atoms with Crippen molar-refractivity contribution >= 4 is 85.8 Å². The summed E-state index contributed by atoms with van der Waals surface area (Å²) in [6.45, 7) is 0. The Morgan fingerprint density at radius 2 is 0.946 bits per heavy atom. The van der Waals surface area contributed by atoms with E-state index in [0.717, 1.165) is 49.8 Å². The fourth-order valence-corrected chi connectivity index (χ4v) is 9.47. The summed E-state index contributed by atoms with van der Waals surface area (Å²) < 4.78 is 9.25. The van der Waals surface area contributed by atoms with Crippen LogP contribution < -0.4 is 0 Å². The van der Waals surface area contributed by atoms with Crippen LogP contribution in [0.2, 0.25) is 0 Å². The number of hydrogen-bond donors (Lipinski definition) is 0. The number of hydrogen-bond acceptors (Lipinski definition) is 5. The molecule has 0 radical (unpaired) electrons. The van der Waals surface area contributed by atoms with Gasteiger partial charge in [-0.3, -0.25) is 0 Å². The largest absolute Gasteiger partial charge is 0.455 e. The van der Waals surface area contributed by atoms with Crippen LogP contribution >= 0.6 is 11.3 Å². The smallest absolute Gasteiger partial charge is 0.164 e. The van der Waals surface area contributed by atoms with E-state index in [1.807, 2.05) is 23.5 Å². The molecule has 0 atom stereocenters. The van der Waals surface area contributed by atoms with Gasteiger partial charge in [-0.2, -0.15) is 0 Å². The van der Waals surface area contributed by atoms with E-state index >= 15 is 0 Å². The van der Waals surface area contributed by atoms with Crippen LogP contribution in [-0.2, 0) is 0 Å².